The van der Waals surface area contributed by atoms with Gasteiger partial charge in [-0.2, -0.15) is 0 Å². The van der Waals surface area contributed by atoms with E-state index in [4.69, 9.17) is 0 Å². The third-order valence-electron chi connectivity index (χ3n) is 3.34. The molecule has 1 saturated heterocycles. The van der Waals surface area contributed by atoms with Crippen LogP contribution in [-0.4, -0.2) is 36.1 Å². The molecule has 0 spiro atoms. The Morgan fingerprint density at radius 1 is 1.38 bits per heavy atom. The number of likely N-dealkylation sites (tertiary alicyclic amines) is 1. The first kappa shape index (κ1) is 11.6. The van der Waals surface area contributed by atoms with Crippen LogP contribution in [0, 0.1) is 0 Å². The molecule has 0 amide bonds. The van der Waals surface area contributed by atoms with Gasteiger partial charge in [-0.3, -0.25) is 4.98 Å². The van der Waals surface area contributed by atoms with Crippen molar-refractivity contribution in [2.75, 3.05) is 20.1 Å². The molecule has 1 aromatic heterocycles. The van der Waals surface area contributed by atoms with Crippen molar-refractivity contribution >= 4 is 0 Å². The lowest BCUT2D eigenvalue weighted by Gasteiger charge is -2.31. The van der Waals surface area contributed by atoms with Gasteiger partial charge in [0, 0.05) is 18.3 Å². The van der Waals surface area contributed by atoms with Crippen LogP contribution in [0.1, 0.15) is 31.5 Å². The van der Waals surface area contributed by atoms with E-state index in [1.165, 1.54) is 25.9 Å². The fourth-order valence-corrected chi connectivity index (χ4v) is 2.25. The van der Waals surface area contributed by atoms with Gasteiger partial charge in [0.25, 0.3) is 0 Å². The molecule has 0 radical (unpaired) electrons. The molecule has 1 aliphatic rings. The molecule has 0 saturated carbocycles. The molecule has 2 rings (SSSR count). The minimum atomic E-state index is 0.356. The first-order valence-corrected chi connectivity index (χ1v) is 6.11. The molecular formula is C13H21N3. The maximum atomic E-state index is 4.39. The Balaban J connectivity index is 1.86. The van der Waals surface area contributed by atoms with Crippen LogP contribution in [0.2, 0.25) is 0 Å². The molecular weight excluding hydrogens is 198 g/mol. The summed E-state index contributed by atoms with van der Waals surface area (Å²) in [6.45, 7) is 4.60. The predicted octanol–water partition coefficient (Wildman–Crippen LogP) is 1.83. The van der Waals surface area contributed by atoms with Gasteiger partial charge in [-0.15, -0.1) is 0 Å². The van der Waals surface area contributed by atoms with Crippen molar-refractivity contribution < 1.29 is 0 Å². The molecule has 88 valence electrons. The molecule has 1 atom stereocenters. The SMILES string of the molecule is C[C@@H](NC1CCN(C)CC1)c1ccccn1. The third kappa shape index (κ3) is 3.03. The number of rotatable bonds is 3. The summed E-state index contributed by atoms with van der Waals surface area (Å²) in [5.74, 6) is 0. The van der Waals surface area contributed by atoms with Gasteiger partial charge >= 0.3 is 0 Å². The first-order chi connectivity index (χ1) is 7.75. The minimum absolute atomic E-state index is 0.356. The monoisotopic (exact) mass is 219 g/mol. The highest BCUT2D eigenvalue weighted by Gasteiger charge is 2.18. The first-order valence-electron chi connectivity index (χ1n) is 6.11. The minimum Gasteiger partial charge on any atom is -0.306 e. The van der Waals surface area contributed by atoms with Crippen molar-refractivity contribution in [2.45, 2.75) is 31.8 Å². The predicted molar refractivity (Wildman–Crippen MR) is 66.3 cm³/mol. The van der Waals surface area contributed by atoms with Crippen molar-refractivity contribution in [1.82, 2.24) is 15.2 Å². The Hall–Kier alpha value is -0.930. The highest BCUT2D eigenvalue weighted by atomic mass is 15.1. The Kier molecular flexibility index (Phi) is 3.91. The zero-order valence-corrected chi connectivity index (χ0v) is 10.2. The summed E-state index contributed by atoms with van der Waals surface area (Å²) < 4.78 is 0. The average molecular weight is 219 g/mol. The Morgan fingerprint density at radius 3 is 2.75 bits per heavy atom. The Labute approximate surface area is 97.9 Å². The average Bonchev–Trinajstić information content (AvgIpc) is 2.33. The third-order valence-corrected chi connectivity index (χ3v) is 3.34. The maximum Gasteiger partial charge on any atom is 0.0570 e. The smallest absolute Gasteiger partial charge is 0.0570 e. The molecule has 1 aliphatic heterocycles. The molecule has 1 fully saturated rings. The fourth-order valence-electron chi connectivity index (χ4n) is 2.25. The molecule has 0 bridgehead atoms. The van der Waals surface area contributed by atoms with E-state index < -0.39 is 0 Å². The summed E-state index contributed by atoms with van der Waals surface area (Å²) in [6.07, 6.45) is 4.35. The van der Waals surface area contributed by atoms with E-state index in [0.717, 1.165) is 5.69 Å². The lowest BCUT2D eigenvalue weighted by atomic mass is 10.0. The molecule has 2 heterocycles. The number of hydrogen-bond donors (Lipinski definition) is 1. The summed E-state index contributed by atoms with van der Waals surface area (Å²) in [6, 6.07) is 7.11. The van der Waals surface area contributed by atoms with Gasteiger partial charge in [-0.1, -0.05) is 6.07 Å². The fraction of sp³-hybridized carbons (Fsp3) is 0.615. The second-order valence-corrected chi connectivity index (χ2v) is 4.72. The van der Waals surface area contributed by atoms with Crippen LogP contribution < -0.4 is 5.32 Å². The van der Waals surface area contributed by atoms with Gasteiger partial charge < -0.3 is 10.2 Å². The number of hydrogen-bond acceptors (Lipinski definition) is 3. The van der Waals surface area contributed by atoms with E-state index in [9.17, 15) is 0 Å². The van der Waals surface area contributed by atoms with Crippen LogP contribution in [0.25, 0.3) is 0 Å². The summed E-state index contributed by atoms with van der Waals surface area (Å²) in [4.78, 5) is 6.78. The van der Waals surface area contributed by atoms with E-state index in [-0.39, 0.29) is 0 Å². The molecule has 1 N–H and O–H groups in total. The lowest BCUT2D eigenvalue weighted by molar-refractivity contribution is 0.226. The van der Waals surface area contributed by atoms with E-state index in [1.807, 2.05) is 12.3 Å². The van der Waals surface area contributed by atoms with Crippen LogP contribution >= 0.6 is 0 Å². The second kappa shape index (κ2) is 5.41. The quantitative estimate of drug-likeness (QED) is 0.840. The molecule has 1 aromatic rings. The highest BCUT2D eigenvalue weighted by molar-refractivity contribution is 5.07. The Morgan fingerprint density at radius 2 is 2.12 bits per heavy atom. The summed E-state index contributed by atoms with van der Waals surface area (Å²) in [7, 11) is 2.19. The van der Waals surface area contributed by atoms with Gasteiger partial charge in [0.2, 0.25) is 0 Å². The molecule has 3 nitrogen and oxygen atoms in total. The maximum absolute atomic E-state index is 4.39. The van der Waals surface area contributed by atoms with E-state index >= 15 is 0 Å². The zero-order valence-electron chi connectivity index (χ0n) is 10.2. The number of aromatic nitrogens is 1. The number of piperidine rings is 1. The van der Waals surface area contributed by atoms with Crippen molar-refractivity contribution in [2.24, 2.45) is 0 Å². The topological polar surface area (TPSA) is 28.2 Å². The van der Waals surface area contributed by atoms with Crippen molar-refractivity contribution in [3.05, 3.63) is 30.1 Å². The summed E-state index contributed by atoms with van der Waals surface area (Å²) in [5, 5.41) is 3.67. The van der Waals surface area contributed by atoms with Crippen LogP contribution in [0.5, 0.6) is 0 Å². The van der Waals surface area contributed by atoms with Crippen LogP contribution in [0.4, 0.5) is 0 Å². The zero-order chi connectivity index (χ0) is 11.4. The van der Waals surface area contributed by atoms with E-state index in [2.05, 4.69) is 41.3 Å². The van der Waals surface area contributed by atoms with Gasteiger partial charge in [0.1, 0.15) is 0 Å². The highest BCUT2D eigenvalue weighted by Crippen LogP contribution is 2.14. The largest absolute Gasteiger partial charge is 0.306 e. The van der Waals surface area contributed by atoms with Crippen LogP contribution in [0.3, 0.4) is 0 Å². The van der Waals surface area contributed by atoms with Crippen molar-refractivity contribution in [3.63, 3.8) is 0 Å². The standard InChI is InChI=1S/C13H21N3/c1-11(13-5-3-4-8-14-13)15-12-6-9-16(2)10-7-12/h3-5,8,11-12,15H,6-7,9-10H2,1-2H3/t11-/m1/s1. The van der Waals surface area contributed by atoms with E-state index in [0.29, 0.717) is 12.1 Å². The number of pyridine rings is 1. The van der Waals surface area contributed by atoms with Gasteiger partial charge in [-0.05, 0) is 52.0 Å². The second-order valence-electron chi connectivity index (χ2n) is 4.72. The summed E-state index contributed by atoms with van der Waals surface area (Å²) >= 11 is 0. The van der Waals surface area contributed by atoms with Crippen molar-refractivity contribution in [3.8, 4) is 0 Å². The number of nitrogens with zero attached hydrogens (tertiary/aromatic N) is 2. The van der Waals surface area contributed by atoms with E-state index in [1.54, 1.807) is 0 Å². The normalized spacial score (nSPS) is 20.9. The van der Waals surface area contributed by atoms with Crippen LogP contribution in [0.15, 0.2) is 24.4 Å². The molecule has 0 aliphatic carbocycles. The van der Waals surface area contributed by atoms with Crippen molar-refractivity contribution in [1.29, 1.82) is 0 Å². The number of nitrogens with one attached hydrogen (secondary N) is 1. The van der Waals surface area contributed by atoms with Gasteiger partial charge in [0.15, 0.2) is 0 Å². The molecule has 0 unspecified atom stereocenters. The van der Waals surface area contributed by atoms with Gasteiger partial charge in [-0.25, -0.2) is 0 Å². The molecule has 0 aromatic carbocycles. The molecule has 3 heteroatoms. The Bertz CT molecular complexity index is 304. The summed E-state index contributed by atoms with van der Waals surface area (Å²) in [5.41, 5.74) is 1.14. The molecule has 16 heavy (non-hydrogen) atoms. The lowest BCUT2D eigenvalue weighted by Crippen LogP contribution is -2.41. The van der Waals surface area contributed by atoms with Crippen LogP contribution in [-0.2, 0) is 0 Å². The van der Waals surface area contributed by atoms with Gasteiger partial charge in [0.05, 0.1) is 5.69 Å².